The Morgan fingerprint density at radius 1 is 1.44 bits per heavy atom. The Morgan fingerprint density at radius 3 is 2.61 bits per heavy atom. The number of methoxy groups -OCH3 is 1. The maximum absolute atomic E-state index is 12.0. The minimum atomic E-state index is -0.632. The van der Waals surface area contributed by atoms with Crippen molar-refractivity contribution in [1.82, 2.24) is 4.98 Å². The third kappa shape index (κ3) is 2.78. The minimum absolute atomic E-state index is 0.0459. The first kappa shape index (κ1) is 14.0. The van der Waals surface area contributed by atoms with Crippen LogP contribution in [0.4, 0.5) is 0 Å². The highest BCUT2D eigenvalue weighted by Gasteiger charge is 2.19. The van der Waals surface area contributed by atoms with E-state index in [1.807, 2.05) is 0 Å². The van der Waals surface area contributed by atoms with Crippen molar-refractivity contribution in [3.63, 3.8) is 0 Å². The number of carbonyl (C=O) groups is 2. The molecule has 0 spiro atoms. The zero-order chi connectivity index (χ0) is 13.7. The molecule has 4 nitrogen and oxygen atoms in total. The predicted octanol–water partition coefficient (Wildman–Crippen LogP) is 2.94. The topological polar surface area (TPSA) is 59.2 Å². The molecule has 0 aliphatic rings. The number of hydrogen-bond acceptors (Lipinski definition) is 3. The van der Waals surface area contributed by atoms with E-state index in [4.69, 9.17) is 11.6 Å². The molecule has 94 valence electrons. The maximum Gasteiger partial charge on any atom is 0.356 e. The summed E-state index contributed by atoms with van der Waals surface area (Å²) < 4.78 is 4.53. The first-order chi connectivity index (χ1) is 8.54. The van der Waals surface area contributed by atoms with Gasteiger partial charge in [-0.1, -0.05) is 43.0 Å². The molecule has 1 N–H and O–H groups in total. The van der Waals surface area contributed by atoms with Crippen molar-refractivity contribution in [2.24, 2.45) is 0 Å². The van der Waals surface area contributed by atoms with Crippen LogP contribution >= 0.6 is 11.6 Å². The molecule has 18 heavy (non-hydrogen) atoms. The highest BCUT2D eigenvalue weighted by atomic mass is 35.5. The number of carbonyl (C=O) groups excluding carboxylic acids is 2. The Hall–Kier alpha value is -2.07. The highest BCUT2D eigenvalue weighted by molar-refractivity contribution is 6.34. The highest BCUT2D eigenvalue weighted by Crippen LogP contribution is 2.20. The Labute approximate surface area is 110 Å². The summed E-state index contributed by atoms with van der Waals surface area (Å²) in [7, 11) is 1.23. The minimum Gasteiger partial charge on any atom is -0.464 e. The molecule has 1 aromatic rings. The van der Waals surface area contributed by atoms with Gasteiger partial charge in [-0.25, -0.2) is 4.79 Å². The molecule has 0 atom stereocenters. The second kappa shape index (κ2) is 6.02. The van der Waals surface area contributed by atoms with Gasteiger partial charge in [0.2, 0.25) is 5.78 Å². The van der Waals surface area contributed by atoms with Crippen molar-refractivity contribution in [3.8, 4) is 0 Å². The number of halogens is 1. The van der Waals surface area contributed by atoms with Crippen molar-refractivity contribution in [1.29, 1.82) is 0 Å². The molecule has 0 fully saturated rings. The average molecular weight is 266 g/mol. The lowest BCUT2D eigenvalue weighted by atomic mass is 10.1. The van der Waals surface area contributed by atoms with Crippen LogP contribution in [0.1, 0.15) is 21.0 Å². The van der Waals surface area contributed by atoms with Crippen molar-refractivity contribution >= 4 is 23.4 Å². The van der Waals surface area contributed by atoms with Gasteiger partial charge in [-0.3, -0.25) is 4.79 Å². The molecule has 0 unspecified atom stereocenters. The molecule has 1 aromatic heterocycles. The van der Waals surface area contributed by atoms with Crippen LogP contribution in [-0.4, -0.2) is 23.8 Å². The molecular formula is C13H12ClNO3. The van der Waals surface area contributed by atoms with Gasteiger partial charge in [0.05, 0.1) is 17.8 Å². The van der Waals surface area contributed by atoms with E-state index in [9.17, 15) is 9.59 Å². The Balaban J connectivity index is 3.16. The van der Waals surface area contributed by atoms with Gasteiger partial charge in [0.1, 0.15) is 5.69 Å². The smallest absolute Gasteiger partial charge is 0.356 e. The van der Waals surface area contributed by atoms with Gasteiger partial charge in [-0.2, -0.15) is 0 Å². The van der Waals surface area contributed by atoms with Gasteiger partial charge in [-0.05, 0) is 6.07 Å². The van der Waals surface area contributed by atoms with Crippen LogP contribution in [0.5, 0.6) is 0 Å². The number of aromatic nitrogens is 1. The number of ketones is 1. The normalized spacial score (nSPS) is 10.9. The van der Waals surface area contributed by atoms with Gasteiger partial charge in [-0.15, -0.1) is 0 Å². The molecule has 0 saturated carbocycles. The van der Waals surface area contributed by atoms with E-state index >= 15 is 0 Å². The van der Waals surface area contributed by atoms with Gasteiger partial charge in [0.15, 0.2) is 0 Å². The van der Waals surface area contributed by atoms with E-state index in [0.717, 1.165) is 0 Å². The lowest BCUT2D eigenvalue weighted by Crippen LogP contribution is -2.05. The third-order valence-electron chi connectivity index (χ3n) is 2.18. The Bertz CT molecular complexity index is 540. The van der Waals surface area contributed by atoms with E-state index in [-0.39, 0.29) is 22.2 Å². The fourth-order valence-corrected chi connectivity index (χ4v) is 1.55. The molecule has 1 rings (SSSR count). The molecule has 0 amide bonds. The molecule has 0 saturated heterocycles. The van der Waals surface area contributed by atoms with Gasteiger partial charge >= 0.3 is 5.97 Å². The van der Waals surface area contributed by atoms with Crippen molar-refractivity contribution in [2.45, 2.75) is 0 Å². The van der Waals surface area contributed by atoms with Crippen LogP contribution in [0.3, 0.4) is 0 Å². The second-order valence-corrected chi connectivity index (χ2v) is 3.70. The Kier molecular flexibility index (Phi) is 4.68. The molecular weight excluding hydrogens is 254 g/mol. The van der Waals surface area contributed by atoms with E-state index in [2.05, 4.69) is 22.9 Å². The first-order valence-corrected chi connectivity index (χ1v) is 5.39. The van der Waals surface area contributed by atoms with Crippen LogP contribution in [0, 0.1) is 0 Å². The van der Waals surface area contributed by atoms with Gasteiger partial charge in [0.25, 0.3) is 0 Å². The number of allylic oxidation sites excluding steroid dienone is 4. The van der Waals surface area contributed by atoms with Gasteiger partial charge < -0.3 is 9.72 Å². The monoisotopic (exact) mass is 265 g/mol. The number of esters is 1. The number of rotatable bonds is 5. The maximum atomic E-state index is 12.0. The average Bonchev–Trinajstić information content (AvgIpc) is 2.76. The third-order valence-corrected chi connectivity index (χ3v) is 2.48. The van der Waals surface area contributed by atoms with E-state index in [0.29, 0.717) is 5.57 Å². The van der Waals surface area contributed by atoms with Crippen LogP contribution in [0.25, 0.3) is 0 Å². The van der Waals surface area contributed by atoms with Crippen LogP contribution in [-0.2, 0) is 4.74 Å². The number of ether oxygens (including phenoxy) is 1. The second-order valence-electron chi connectivity index (χ2n) is 3.29. The summed E-state index contributed by atoms with van der Waals surface area (Å²) >= 11 is 5.84. The van der Waals surface area contributed by atoms with Crippen LogP contribution in [0.15, 0.2) is 43.0 Å². The fourth-order valence-electron chi connectivity index (χ4n) is 1.32. The SMILES string of the molecule is C=C/C=C(\C=C)C(=O)c1cc(Cl)c(C(=O)OC)[nH]1. The number of aromatic amines is 1. The predicted molar refractivity (Wildman–Crippen MR) is 69.9 cm³/mol. The van der Waals surface area contributed by atoms with Crippen LogP contribution < -0.4 is 0 Å². The first-order valence-electron chi connectivity index (χ1n) is 5.01. The standard InChI is InChI=1S/C13H12ClNO3/c1-4-6-8(5-2)12(16)10-7-9(14)11(15-10)13(17)18-3/h4-7,15H,1-2H2,3H3/b8-6+. The van der Waals surface area contributed by atoms with Crippen molar-refractivity contribution < 1.29 is 14.3 Å². The molecule has 0 bridgehead atoms. The Morgan fingerprint density at radius 2 is 2.11 bits per heavy atom. The number of H-pyrrole nitrogens is 1. The number of Topliss-reactive ketones (excluding diaryl/α,β-unsaturated/α-hetero) is 1. The molecule has 0 radical (unpaired) electrons. The zero-order valence-electron chi connectivity index (χ0n) is 9.83. The van der Waals surface area contributed by atoms with Crippen LogP contribution in [0.2, 0.25) is 5.02 Å². The summed E-state index contributed by atoms with van der Waals surface area (Å²) in [6, 6.07) is 1.37. The van der Waals surface area contributed by atoms with E-state index in [1.165, 1.54) is 31.4 Å². The summed E-state index contributed by atoms with van der Waals surface area (Å²) in [6.45, 7) is 7.03. The zero-order valence-corrected chi connectivity index (χ0v) is 10.6. The summed E-state index contributed by atoms with van der Waals surface area (Å²) in [6.07, 6.45) is 4.39. The summed E-state index contributed by atoms with van der Waals surface area (Å²) in [5.74, 6) is -0.964. The summed E-state index contributed by atoms with van der Waals surface area (Å²) in [5, 5.41) is 0.132. The lowest BCUT2D eigenvalue weighted by Gasteiger charge is -1.98. The largest absolute Gasteiger partial charge is 0.464 e. The van der Waals surface area contributed by atoms with Crippen molar-refractivity contribution in [3.05, 3.63) is 59.4 Å². The van der Waals surface area contributed by atoms with Crippen molar-refractivity contribution in [2.75, 3.05) is 7.11 Å². The quantitative estimate of drug-likeness (QED) is 0.385. The van der Waals surface area contributed by atoms with E-state index < -0.39 is 5.97 Å². The fraction of sp³-hybridized carbons (Fsp3) is 0.0769. The molecule has 0 aromatic carbocycles. The van der Waals surface area contributed by atoms with E-state index in [1.54, 1.807) is 0 Å². The van der Waals surface area contributed by atoms with Gasteiger partial charge in [0, 0.05) is 5.57 Å². The molecule has 1 heterocycles. The summed E-state index contributed by atoms with van der Waals surface area (Å²) in [5.41, 5.74) is 0.581. The molecule has 0 aliphatic heterocycles. The number of hydrogen-bond donors (Lipinski definition) is 1. The molecule has 5 heteroatoms. The number of nitrogens with one attached hydrogen (secondary N) is 1. The molecule has 0 aliphatic carbocycles. The summed E-state index contributed by atoms with van der Waals surface area (Å²) in [4.78, 5) is 26.0. The lowest BCUT2D eigenvalue weighted by molar-refractivity contribution is 0.0595.